The molecule has 1 unspecified atom stereocenters. The normalized spacial score (nSPS) is 12.7. The topological polar surface area (TPSA) is 42.0 Å². The first-order chi connectivity index (χ1) is 9.90. The summed E-state index contributed by atoms with van der Waals surface area (Å²) < 4.78 is 13.7. The Hall–Kier alpha value is -1.97. The number of nitrogens with zero attached hydrogens (tertiary/aromatic N) is 1. The Bertz CT molecular complexity index is 667. The Kier molecular flexibility index (Phi) is 4.56. The van der Waals surface area contributed by atoms with Crippen LogP contribution in [0.4, 0.5) is 10.1 Å². The molecular weight excluding hydrogens is 267 g/mol. The lowest BCUT2D eigenvalue weighted by atomic mass is 9.98. The molecule has 2 aromatic rings. The number of hydrogen-bond acceptors (Lipinski definition) is 2. The van der Waals surface area contributed by atoms with Gasteiger partial charge in [0.2, 0.25) is 5.91 Å². The van der Waals surface area contributed by atoms with Gasteiger partial charge in [-0.2, -0.15) is 0 Å². The molecule has 1 aromatic carbocycles. The highest BCUT2D eigenvalue weighted by molar-refractivity contribution is 5.96. The van der Waals surface area contributed by atoms with Crippen LogP contribution in [0, 0.1) is 24.6 Å². The fraction of sp³-hybridized carbons (Fsp3) is 0.412. The van der Waals surface area contributed by atoms with E-state index in [1.54, 1.807) is 6.07 Å². The molecule has 2 rings (SSSR count). The van der Waals surface area contributed by atoms with E-state index >= 15 is 0 Å². The molecule has 0 bridgehead atoms. The molecule has 0 spiro atoms. The molecule has 0 aliphatic rings. The zero-order chi connectivity index (χ0) is 15.6. The SMILES string of the molecule is Cc1c(NC(=O)C(C)CC(C)C)cnc2c(F)cccc12. The molecule has 1 N–H and O–H groups in total. The maximum absolute atomic E-state index is 13.7. The van der Waals surface area contributed by atoms with Gasteiger partial charge in [-0.3, -0.25) is 9.78 Å². The number of nitrogens with one attached hydrogen (secondary N) is 1. The van der Waals surface area contributed by atoms with Gasteiger partial charge >= 0.3 is 0 Å². The summed E-state index contributed by atoms with van der Waals surface area (Å²) >= 11 is 0. The van der Waals surface area contributed by atoms with Gasteiger partial charge in [-0.25, -0.2) is 4.39 Å². The lowest BCUT2D eigenvalue weighted by Gasteiger charge is -2.16. The van der Waals surface area contributed by atoms with Gasteiger partial charge in [0.05, 0.1) is 11.9 Å². The van der Waals surface area contributed by atoms with E-state index in [4.69, 9.17) is 0 Å². The molecule has 3 nitrogen and oxygen atoms in total. The van der Waals surface area contributed by atoms with E-state index in [-0.39, 0.29) is 17.6 Å². The number of halogens is 1. The number of hydrogen-bond donors (Lipinski definition) is 1. The number of rotatable bonds is 4. The predicted molar refractivity (Wildman–Crippen MR) is 83.7 cm³/mol. The minimum atomic E-state index is -0.346. The summed E-state index contributed by atoms with van der Waals surface area (Å²) in [6.45, 7) is 7.97. The number of aryl methyl sites for hydroxylation is 1. The molecule has 0 radical (unpaired) electrons. The van der Waals surface area contributed by atoms with Crippen molar-refractivity contribution in [3.05, 3.63) is 35.8 Å². The average Bonchev–Trinajstić information content (AvgIpc) is 2.41. The van der Waals surface area contributed by atoms with E-state index < -0.39 is 0 Å². The van der Waals surface area contributed by atoms with Crippen molar-refractivity contribution in [2.24, 2.45) is 11.8 Å². The molecule has 0 aliphatic carbocycles. The Morgan fingerprint density at radius 2 is 2.05 bits per heavy atom. The highest BCUT2D eigenvalue weighted by atomic mass is 19.1. The number of aromatic nitrogens is 1. The summed E-state index contributed by atoms with van der Waals surface area (Å²) in [6.07, 6.45) is 2.36. The van der Waals surface area contributed by atoms with Crippen LogP contribution in [0.15, 0.2) is 24.4 Å². The summed E-state index contributed by atoms with van der Waals surface area (Å²) in [7, 11) is 0. The van der Waals surface area contributed by atoms with Crippen LogP contribution in [0.2, 0.25) is 0 Å². The van der Waals surface area contributed by atoms with E-state index in [0.717, 1.165) is 17.4 Å². The lowest BCUT2D eigenvalue weighted by Crippen LogP contribution is -2.22. The van der Waals surface area contributed by atoms with Crippen molar-refractivity contribution in [3.8, 4) is 0 Å². The van der Waals surface area contributed by atoms with Crippen molar-refractivity contribution < 1.29 is 9.18 Å². The highest BCUT2D eigenvalue weighted by Gasteiger charge is 2.16. The molecule has 4 heteroatoms. The third-order valence-corrected chi connectivity index (χ3v) is 3.65. The van der Waals surface area contributed by atoms with Gasteiger partial charge in [0.25, 0.3) is 0 Å². The van der Waals surface area contributed by atoms with E-state index in [1.165, 1.54) is 12.3 Å². The maximum atomic E-state index is 13.7. The van der Waals surface area contributed by atoms with Gasteiger partial charge in [0.1, 0.15) is 11.3 Å². The van der Waals surface area contributed by atoms with Gasteiger partial charge in [0, 0.05) is 11.3 Å². The fourth-order valence-electron chi connectivity index (χ4n) is 2.52. The van der Waals surface area contributed by atoms with Gasteiger partial charge in [0.15, 0.2) is 0 Å². The number of carbonyl (C=O) groups excluding carboxylic acids is 1. The minimum absolute atomic E-state index is 0.0237. The predicted octanol–water partition coefficient (Wildman–Crippen LogP) is 4.30. The standard InChI is InChI=1S/C17H21FN2O/c1-10(2)8-11(3)17(21)20-15-9-19-16-13(12(15)4)6-5-7-14(16)18/h5-7,9-11H,8H2,1-4H3,(H,20,21). The molecule has 0 saturated heterocycles. The van der Waals surface area contributed by atoms with Gasteiger partial charge in [-0.05, 0) is 30.9 Å². The zero-order valence-corrected chi connectivity index (χ0v) is 12.9. The van der Waals surface area contributed by atoms with Gasteiger partial charge < -0.3 is 5.32 Å². The molecule has 0 saturated carbocycles. The number of fused-ring (bicyclic) bond motifs is 1. The van der Waals surface area contributed by atoms with Crippen molar-refractivity contribution in [2.75, 3.05) is 5.32 Å². The zero-order valence-electron chi connectivity index (χ0n) is 12.9. The second kappa shape index (κ2) is 6.20. The Morgan fingerprint density at radius 1 is 1.33 bits per heavy atom. The largest absolute Gasteiger partial charge is 0.324 e. The molecule has 1 amide bonds. The summed E-state index contributed by atoms with van der Waals surface area (Å²) in [5.41, 5.74) is 1.82. The van der Waals surface area contributed by atoms with Crippen LogP contribution < -0.4 is 5.32 Å². The smallest absolute Gasteiger partial charge is 0.227 e. The Morgan fingerprint density at radius 3 is 2.71 bits per heavy atom. The minimum Gasteiger partial charge on any atom is -0.324 e. The van der Waals surface area contributed by atoms with Crippen LogP contribution in [-0.4, -0.2) is 10.9 Å². The van der Waals surface area contributed by atoms with Gasteiger partial charge in [-0.1, -0.05) is 32.9 Å². The van der Waals surface area contributed by atoms with E-state index in [0.29, 0.717) is 17.1 Å². The molecule has 21 heavy (non-hydrogen) atoms. The number of para-hydroxylation sites is 1. The first-order valence-corrected chi connectivity index (χ1v) is 7.24. The van der Waals surface area contributed by atoms with Crippen LogP contribution >= 0.6 is 0 Å². The highest BCUT2D eigenvalue weighted by Crippen LogP contribution is 2.25. The van der Waals surface area contributed by atoms with Gasteiger partial charge in [-0.15, -0.1) is 0 Å². The average molecular weight is 288 g/mol. The van der Waals surface area contributed by atoms with Crippen molar-refractivity contribution >= 4 is 22.5 Å². The Labute approximate surface area is 124 Å². The second-order valence-electron chi connectivity index (χ2n) is 5.95. The monoisotopic (exact) mass is 288 g/mol. The third kappa shape index (κ3) is 3.38. The lowest BCUT2D eigenvalue weighted by molar-refractivity contribution is -0.119. The molecule has 1 heterocycles. The molecule has 0 fully saturated rings. The summed E-state index contributed by atoms with van der Waals surface area (Å²) in [4.78, 5) is 16.3. The van der Waals surface area contributed by atoms with E-state index in [1.807, 2.05) is 19.9 Å². The summed E-state index contributed by atoms with van der Waals surface area (Å²) in [5.74, 6) is 0.0364. The molecular formula is C17H21FN2O. The number of pyridine rings is 1. The molecule has 1 atom stereocenters. The number of carbonyl (C=O) groups is 1. The van der Waals surface area contributed by atoms with Crippen molar-refractivity contribution in [1.29, 1.82) is 0 Å². The second-order valence-corrected chi connectivity index (χ2v) is 5.95. The van der Waals surface area contributed by atoms with Crippen LogP contribution in [0.1, 0.15) is 32.8 Å². The molecule has 112 valence electrons. The summed E-state index contributed by atoms with van der Waals surface area (Å²) in [6, 6.07) is 4.85. The van der Waals surface area contributed by atoms with Crippen LogP contribution in [0.25, 0.3) is 10.9 Å². The summed E-state index contributed by atoms with van der Waals surface area (Å²) in [5, 5.41) is 3.63. The molecule has 1 aromatic heterocycles. The van der Waals surface area contributed by atoms with Crippen LogP contribution in [-0.2, 0) is 4.79 Å². The molecule has 0 aliphatic heterocycles. The van der Waals surface area contributed by atoms with E-state index in [9.17, 15) is 9.18 Å². The third-order valence-electron chi connectivity index (χ3n) is 3.65. The van der Waals surface area contributed by atoms with E-state index in [2.05, 4.69) is 24.1 Å². The first-order valence-electron chi connectivity index (χ1n) is 7.24. The Balaban J connectivity index is 2.27. The first kappa shape index (κ1) is 15.4. The van der Waals surface area contributed by atoms with Crippen molar-refractivity contribution in [2.45, 2.75) is 34.1 Å². The van der Waals surface area contributed by atoms with Crippen LogP contribution in [0.5, 0.6) is 0 Å². The van der Waals surface area contributed by atoms with Crippen molar-refractivity contribution in [3.63, 3.8) is 0 Å². The van der Waals surface area contributed by atoms with Crippen molar-refractivity contribution in [1.82, 2.24) is 4.98 Å². The number of amides is 1. The fourth-order valence-corrected chi connectivity index (χ4v) is 2.52. The maximum Gasteiger partial charge on any atom is 0.227 e. The quantitative estimate of drug-likeness (QED) is 0.911. The van der Waals surface area contributed by atoms with Crippen LogP contribution in [0.3, 0.4) is 0 Å². The number of benzene rings is 1. The number of anilines is 1.